The first kappa shape index (κ1) is 16.5. The summed E-state index contributed by atoms with van der Waals surface area (Å²) in [6.07, 6.45) is 2.69. The molecule has 1 saturated heterocycles. The van der Waals surface area contributed by atoms with Crippen LogP contribution in [0.1, 0.15) is 28.3 Å². The molecule has 130 valence electrons. The molecule has 1 aliphatic rings. The summed E-state index contributed by atoms with van der Waals surface area (Å²) < 4.78 is 5.46. The van der Waals surface area contributed by atoms with Crippen LogP contribution in [0.3, 0.4) is 0 Å². The number of amides is 1. The van der Waals surface area contributed by atoms with Crippen LogP contribution in [0.5, 0.6) is 0 Å². The molecule has 1 fully saturated rings. The summed E-state index contributed by atoms with van der Waals surface area (Å²) in [5.74, 6) is 0.789. The van der Waals surface area contributed by atoms with E-state index in [1.54, 1.807) is 6.20 Å². The zero-order valence-electron chi connectivity index (χ0n) is 14.4. The number of pyridine rings is 1. The number of aromatic nitrogens is 1. The minimum Gasteiger partial charge on any atom is -0.381 e. The van der Waals surface area contributed by atoms with Gasteiger partial charge in [0.1, 0.15) is 5.82 Å². The first-order chi connectivity index (χ1) is 12.8. The summed E-state index contributed by atoms with van der Waals surface area (Å²) in [4.78, 5) is 17.2. The van der Waals surface area contributed by atoms with Gasteiger partial charge in [0.15, 0.2) is 0 Å². The second-order valence-corrected chi connectivity index (χ2v) is 6.41. The van der Waals surface area contributed by atoms with Crippen molar-refractivity contribution in [1.29, 1.82) is 0 Å². The Balaban J connectivity index is 1.59. The lowest BCUT2D eigenvalue weighted by Gasteiger charge is -2.12. The quantitative estimate of drug-likeness (QED) is 0.758. The monoisotopic (exact) mass is 344 g/mol. The van der Waals surface area contributed by atoms with Crippen molar-refractivity contribution < 1.29 is 9.53 Å². The molecule has 0 aliphatic carbocycles. The first-order valence-electron chi connectivity index (χ1n) is 8.81. The predicted octanol–water partition coefficient (Wildman–Crippen LogP) is 4.50. The maximum absolute atomic E-state index is 12.8. The van der Waals surface area contributed by atoms with Crippen LogP contribution in [0.2, 0.25) is 0 Å². The molecule has 2 aromatic carbocycles. The Morgan fingerprint density at radius 2 is 1.92 bits per heavy atom. The lowest BCUT2D eigenvalue weighted by Crippen LogP contribution is -2.14. The summed E-state index contributed by atoms with van der Waals surface area (Å²) >= 11 is 0. The van der Waals surface area contributed by atoms with E-state index >= 15 is 0 Å². The van der Waals surface area contributed by atoms with Crippen molar-refractivity contribution in [3.8, 4) is 11.1 Å². The van der Waals surface area contributed by atoms with Gasteiger partial charge in [-0.3, -0.25) is 4.79 Å². The number of nitrogens with zero attached hydrogens (tertiary/aromatic N) is 1. The van der Waals surface area contributed by atoms with E-state index in [4.69, 9.17) is 4.74 Å². The van der Waals surface area contributed by atoms with E-state index in [9.17, 15) is 4.79 Å². The van der Waals surface area contributed by atoms with Crippen LogP contribution in [0, 0.1) is 0 Å². The fourth-order valence-electron chi connectivity index (χ4n) is 3.27. The third-order valence-corrected chi connectivity index (χ3v) is 4.67. The van der Waals surface area contributed by atoms with Crippen molar-refractivity contribution >= 4 is 11.7 Å². The molecule has 2 heterocycles. The number of hydrogen-bond acceptors (Lipinski definition) is 3. The predicted molar refractivity (Wildman–Crippen MR) is 102 cm³/mol. The average molecular weight is 344 g/mol. The topological polar surface area (TPSA) is 51.2 Å². The Bertz CT molecular complexity index is 903. The molecule has 1 atom stereocenters. The van der Waals surface area contributed by atoms with Crippen molar-refractivity contribution in [2.45, 2.75) is 12.3 Å². The first-order valence-corrected chi connectivity index (χ1v) is 8.81. The highest BCUT2D eigenvalue weighted by molar-refractivity contribution is 6.05. The zero-order valence-corrected chi connectivity index (χ0v) is 14.4. The molecule has 1 amide bonds. The number of nitrogens with one attached hydrogen (secondary N) is 1. The van der Waals surface area contributed by atoms with Gasteiger partial charge in [-0.15, -0.1) is 0 Å². The molecule has 4 rings (SSSR count). The Labute approximate surface area is 152 Å². The molecule has 0 bridgehead atoms. The van der Waals surface area contributed by atoms with Crippen LogP contribution in [-0.2, 0) is 4.74 Å². The van der Waals surface area contributed by atoms with Crippen LogP contribution in [0.15, 0.2) is 72.9 Å². The lowest BCUT2D eigenvalue weighted by molar-refractivity contribution is 0.102. The minimum atomic E-state index is -0.151. The smallest absolute Gasteiger partial charge is 0.256 e. The van der Waals surface area contributed by atoms with Crippen molar-refractivity contribution in [2.75, 3.05) is 18.5 Å². The number of carbonyl (C=O) groups is 1. The number of hydrogen-bond donors (Lipinski definition) is 1. The lowest BCUT2D eigenvalue weighted by atomic mass is 9.96. The molecule has 1 aromatic heterocycles. The van der Waals surface area contributed by atoms with E-state index < -0.39 is 0 Å². The SMILES string of the molecule is O=C(Nc1ncccc1-c1ccccc1)c1cccc(C2CCOC2)c1. The van der Waals surface area contributed by atoms with Gasteiger partial charge >= 0.3 is 0 Å². The van der Waals surface area contributed by atoms with Crippen LogP contribution >= 0.6 is 0 Å². The molecule has 4 heteroatoms. The fourth-order valence-corrected chi connectivity index (χ4v) is 3.27. The van der Waals surface area contributed by atoms with E-state index in [0.717, 1.165) is 36.3 Å². The van der Waals surface area contributed by atoms with Crippen LogP contribution in [0.25, 0.3) is 11.1 Å². The van der Waals surface area contributed by atoms with Gasteiger partial charge in [0.2, 0.25) is 0 Å². The highest BCUT2D eigenvalue weighted by atomic mass is 16.5. The molecular weight excluding hydrogens is 324 g/mol. The summed E-state index contributed by atoms with van der Waals surface area (Å²) in [6.45, 7) is 1.51. The van der Waals surface area contributed by atoms with Crippen molar-refractivity contribution in [1.82, 2.24) is 4.98 Å². The second-order valence-electron chi connectivity index (χ2n) is 6.41. The van der Waals surface area contributed by atoms with Gasteiger partial charge in [0, 0.05) is 29.8 Å². The van der Waals surface area contributed by atoms with Crippen molar-refractivity contribution in [2.24, 2.45) is 0 Å². The average Bonchev–Trinajstić information content (AvgIpc) is 3.24. The summed E-state index contributed by atoms with van der Waals surface area (Å²) in [6, 6.07) is 21.5. The van der Waals surface area contributed by atoms with E-state index in [2.05, 4.69) is 16.4 Å². The summed E-state index contributed by atoms with van der Waals surface area (Å²) in [5, 5.41) is 2.96. The maximum atomic E-state index is 12.8. The fraction of sp³-hybridized carbons (Fsp3) is 0.182. The van der Waals surface area contributed by atoms with Gasteiger partial charge in [-0.1, -0.05) is 42.5 Å². The van der Waals surface area contributed by atoms with Gasteiger partial charge in [0.05, 0.1) is 6.61 Å². The Hall–Kier alpha value is -2.98. The highest BCUT2D eigenvalue weighted by Crippen LogP contribution is 2.28. The number of carbonyl (C=O) groups excluding carboxylic acids is 1. The third kappa shape index (κ3) is 3.51. The van der Waals surface area contributed by atoms with Crippen LogP contribution in [0.4, 0.5) is 5.82 Å². The number of benzene rings is 2. The van der Waals surface area contributed by atoms with E-state index in [-0.39, 0.29) is 5.91 Å². The number of ether oxygens (including phenoxy) is 1. The molecule has 1 N–H and O–H groups in total. The molecule has 3 aromatic rings. The summed E-state index contributed by atoms with van der Waals surface area (Å²) in [7, 11) is 0. The summed E-state index contributed by atoms with van der Waals surface area (Å²) in [5.41, 5.74) is 3.72. The van der Waals surface area contributed by atoms with Gasteiger partial charge in [0.25, 0.3) is 5.91 Å². The molecule has 0 saturated carbocycles. The molecule has 0 spiro atoms. The van der Waals surface area contributed by atoms with Gasteiger partial charge in [-0.25, -0.2) is 4.98 Å². The van der Waals surface area contributed by atoms with Crippen LogP contribution in [-0.4, -0.2) is 24.1 Å². The maximum Gasteiger partial charge on any atom is 0.256 e. The Kier molecular flexibility index (Phi) is 4.75. The Morgan fingerprint density at radius 3 is 2.73 bits per heavy atom. The number of anilines is 1. The molecule has 1 aliphatic heterocycles. The second kappa shape index (κ2) is 7.50. The highest BCUT2D eigenvalue weighted by Gasteiger charge is 2.19. The molecule has 1 unspecified atom stereocenters. The van der Waals surface area contributed by atoms with E-state index in [1.807, 2.05) is 60.7 Å². The normalized spacial score (nSPS) is 16.4. The van der Waals surface area contributed by atoms with E-state index in [1.165, 1.54) is 0 Å². The van der Waals surface area contributed by atoms with E-state index in [0.29, 0.717) is 17.3 Å². The van der Waals surface area contributed by atoms with Gasteiger partial charge in [-0.2, -0.15) is 0 Å². The number of rotatable bonds is 4. The Morgan fingerprint density at radius 1 is 1.04 bits per heavy atom. The zero-order chi connectivity index (χ0) is 17.8. The largest absolute Gasteiger partial charge is 0.381 e. The minimum absolute atomic E-state index is 0.151. The molecule has 4 nitrogen and oxygen atoms in total. The van der Waals surface area contributed by atoms with Gasteiger partial charge < -0.3 is 10.1 Å². The standard InChI is InChI=1S/C22H20N2O2/c25-22(18-9-4-8-17(14-18)19-11-13-26-15-19)24-21-20(10-5-12-23-21)16-6-2-1-3-7-16/h1-10,12,14,19H,11,13,15H2,(H,23,24,25). The van der Waals surface area contributed by atoms with Gasteiger partial charge in [-0.05, 0) is 41.8 Å². The molecule has 0 radical (unpaired) electrons. The van der Waals surface area contributed by atoms with Crippen molar-refractivity contribution in [3.05, 3.63) is 84.1 Å². The van der Waals surface area contributed by atoms with Crippen LogP contribution < -0.4 is 5.32 Å². The van der Waals surface area contributed by atoms with Crippen molar-refractivity contribution in [3.63, 3.8) is 0 Å². The third-order valence-electron chi connectivity index (χ3n) is 4.67. The molecular formula is C22H20N2O2. The molecule has 26 heavy (non-hydrogen) atoms.